The van der Waals surface area contributed by atoms with E-state index < -0.39 is 10.0 Å². The lowest BCUT2D eigenvalue weighted by atomic mass is 9.85. The number of aryl methyl sites for hydroxylation is 2. The SMILES string of the molecule is Cc1[nH]c(C)c(S(=O)(=O)N[C@H](C)c2ccccc2)c1-c1nnc(C2CCC2)o1. The Bertz CT molecular complexity index is 1080. The summed E-state index contributed by atoms with van der Waals surface area (Å²) in [6, 6.07) is 9.09. The lowest BCUT2D eigenvalue weighted by Crippen LogP contribution is -2.27. The molecule has 148 valence electrons. The molecule has 0 saturated heterocycles. The minimum atomic E-state index is -3.81. The average Bonchev–Trinajstić information content (AvgIpc) is 3.18. The van der Waals surface area contributed by atoms with Crippen LogP contribution in [-0.4, -0.2) is 23.6 Å². The van der Waals surface area contributed by atoms with E-state index >= 15 is 0 Å². The Morgan fingerprint density at radius 3 is 2.50 bits per heavy atom. The van der Waals surface area contributed by atoms with Crippen molar-refractivity contribution in [2.75, 3.05) is 0 Å². The second kappa shape index (κ2) is 7.18. The maximum absolute atomic E-state index is 13.2. The first kappa shape index (κ1) is 18.9. The molecule has 2 heterocycles. The largest absolute Gasteiger partial charge is 0.420 e. The number of nitrogens with one attached hydrogen (secondary N) is 2. The van der Waals surface area contributed by atoms with Crippen LogP contribution in [0.25, 0.3) is 11.5 Å². The third kappa shape index (κ3) is 3.38. The molecule has 2 aromatic heterocycles. The number of sulfonamides is 1. The predicted molar refractivity (Wildman–Crippen MR) is 105 cm³/mol. The highest BCUT2D eigenvalue weighted by atomic mass is 32.2. The van der Waals surface area contributed by atoms with Crippen molar-refractivity contribution in [2.45, 2.75) is 56.9 Å². The maximum Gasteiger partial charge on any atom is 0.250 e. The summed E-state index contributed by atoms with van der Waals surface area (Å²) in [7, 11) is -3.81. The van der Waals surface area contributed by atoms with Crippen molar-refractivity contribution in [3.8, 4) is 11.5 Å². The molecule has 1 atom stereocenters. The minimum Gasteiger partial charge on any atom is -0.420 e. The first-order chi connectivity index (χ1) is 13.4. The standard InChI is InChI=1S/C20H24N4O3S/c1-12(15-8-5-4-6-9-15)24-28(25,26)18-14(3)21-13(2)17(18)20-23-22-19(27-20)16-10-7-11-16/h4-6,8-9,12,16,21,24H,7,10-11H2,1-3H3/t12-/m1/s1. The molecule has 1 saturated carbocycles. The van der Waals surface area contributed by atoms with Gasteiger partial charge in [-0.15, -0.1) is 10.2 Å². The van der Waals surface area contributed by atoms with Crippen molar-refractivity contribution in [3.63, 3.8) is 0 Å². The second-order valence-electron chi connectivity index (χ2n) is 7.41. The zero-order valence-corrected chi connectivity index (χ0v) is 17.0. The quantitative estimate of drug-likeness (QED) is 0.651. The summed E-state index contributed by atoms with van der Waals surface area (Å²) in [5.74, 6) is 1.13. The number of aromatic amines is 1. The first-order valence-electron chi connectivity index (χ1n) is 9.47. The van der Waals surface area contributed by atoms with Crippen LogP contribution in [0, 0.1) is 13.8 Å². The molecule has 0 spiro atoms. The van der Waals surface area contributed by atoms with E-state index in [1.807, 2.05) is 44.2 Å². The topological polar surface area (TPSA) is 101 Å². The summed E-state index contributed by atoms with van der Waals surface area (Å²) >= 11 is 0. The molecule has 2 N–H and O–H groups in total. The Morgan fingerprint density at radius 1 is 1.14 bits per heavy atom. The lowest BCUT2D eigenvalue weighted by Gasteiger charge is -2.20. The van der Waals surface area contributed by atoms with Crippen molar-refractivity contribution in [1.82, 2.24) is 19.9 Å². The maximum atomic E-state index is 13.2. The third-order valence-electron chi connectivity index (χ3n) is 5.33. The molecule has 0 aliphatic heterocycles. The van der Waals surface area contributed by atoms with Crippen LogP contribution in [0.3, 0.4) is 0 Å². The van der Waals surface area contributed by atoms with Crippen LogP contribution in [0.1, 0.15) is 61.0 Å². The molecule has 0 amide bonds. The van der Waals surface area contributed by atoms with Gasteiger partial charge in [0.05, 0.1) is 5.56 Å². The molecule has 0 bridgehead atoms. The Balaban J connectivity index is 1.70. The summed E-state index contributed by atoms with van der Waals surface area (Å²) in [4.78, 5) is 3.28. The molecular weight excluding hydrogens is 376 g/mol. The van der Waals surface area contributed by atoms with Crippen LogP contribution >= 0.6 is 0 Å². The Morgan fingerprint density at radius 2 is 1.86 bits per heavy atom. The molecule has 3 aromatic rings. The van der Waals surface area contributed by atoms with Crippen LogP contribution < -0.4 is 4.72 Å². The average molecular weight is 401 g/mol. The van der Waals surface area contributed by atoms with E-state index in [1.165, 1.54) is 0 Å². The molecule has 0 radical (unpaired) electrons. The summed E-state index contributed by atoms with van der Waals surface area (Å²) in [6.07, 6.45) is 3.23. The van der Waals surface area contributed by atoms with Gasteiger partial charge >= 0.3 is 0 Å². The predicted octanol–water partition coefficient (Wildman–Crippen LogP) is 3.99. The molecule has 0 unspecified atom stereocenters. The van der Waals surface area contributed by atoms with E-state index in [-0.39, 0.29) is 22.7 Å². The molecule has 1 aliphatic rings. The summed E-state index contributed by atoms with van der Waals surface area (Å²) in [5.41, 5.74) is 2.57. The molecule has 7 nitrogen and oxygen atoms in total. The van der Waals surface area contributed by atoms with Gasteiger partial charge in [0.1, 0.15) is 4.90 Å². The zero-order chi connectivity index (χ0) is 19.9. The Labute approximate surface area is 164 Å². The van der Waals surface area contributed by atoms with E-state index in [2.05, 4.69) is 19.9 Å². The van der Waals surface area contributed by atoms with Gasteiger partial charge in [-0.2, -0.15) is 0 Å². The molecule has 4 rings (SSSR count). The number of aromatic nitrogens is 3. The van der Waals surface area contributed by atoms with Crippen LogP contribution in [0.4, 0.5) is 0 Å². The van der Waals surface area contributed by atoms with Gasteiger partial charge in [0.15, 0.2) is 0 Å². The number of H-pyrrole nitrogens is 1. The van der Waals surface area contributed by atoms with E-state index in [0.717, 1.165) is 24.8 Å². The first-order valence-corrected chi connectivity index (χ1v) is 11.0. The van der Waals surface area contributed by atoms with Crippen LogP contribution in [0.15, 0.2) is 39.6 Å². The highest BCUT2D eigenvalue weighted by Gasteiger charge is 2.32. The van der Waals surface area contributed by atoms with Crippen molar-refractivity contribution < 1.29 is 12.8 Å². The van der Waals surface area contributed by atoms with Crippen molar-refractivity contribution in [2.24, 2.45) is 0 Å². The summed E-state index contributed by atoms with van der Waals surface area (Å²) < 4.78 is 35.1. The number of rotatable bonds is 6. The lowest BCUT2D eigenvalue weighted by molar-refractivity contribution is 0.338. The minimum absolute atomic E-state index is 0.164. The smallest absolute Gasteiger partial charge is 0.250 e. The van der Waals surface area contributed by atoms with Gasteiger partial charge < -0.3 is 9.40 Å². The monoisotopic (exact) mass is 400 g/mol. The number of benzene rings is 1. The third-order valence-corrected chi connectivity index (χ3v) is 7.04. The number of hydrogen-bond donors (Lipinski definition) is 2. The van der Waals surface area contributed by atoms with Gasteiger partial charge in [0.2, 0.25) is 15.9 Å². The van der Waals surface area contributed by atoms with Gasteiger partial charge in [-0.25, -0.2) is 13.1 Å². The fourth-order valence-corrected chi connectivity index (χ4v) is 5.29. The second-order valence-corrected chi connectivity index (χ2v) is 9.06. The molecule has 28 heavy (non-hydrogen) atoms. The molecule has 8 heteroatoms. The molecular formula is C20H24N4O3S. The van der Waals surface area contributed by atoms with E-state index in [0.29, 0.717) is 22.8 Å². The van der Waals surface area contributed by atoms with Crippen molar-refractivity contribution in [1.29, 1.82) is 0 Å². The van der Waals surface area contributed by atoms with E-state index in [4.69, 9.17) is 4.42 Å². The van der Waals surface area contributed by atoms with E-state index in [9.17, 15) is 8.42 Å². The van der Waals surface area contributed by atoms with Gasteiger partial charge in [-0.1, -0.05) is 36.8 Å². The van der Waals surface area contributed by atoms with Gasteiger partial charge in [0.25, 0.3) is 5.89 Å². The van der Waals surface area contributed by atoms with Crippen LogP contribution in [0.2, 0.25) is 0 Å². The van der Waals surface area contributed by atoms with Gasteiger partial charge in [-0.05, 0) is 39.2 Å². The molecule has 1 aliphatic carbocycles. The normalized spacial score (nSPS) is 16.1. The zero-order valence-electron chi connectivity index (χ0n) is 16.2. The van der Waals surface area contributed by atoms with Crippen molar-refractivity contribution in [3.05, 3.63) is 53.2 Å². The fraction of sp³-hybridized carbons (Fsp3) is 0.400. The van der Waals surface area contributed by atoms with Crippen LogP contribution in [0.5, 0.6) is 0 Å². The Kier molecular flexibility index (Phi) is 4.84. The molecule has 1 fully saturated rings. The van der Waals surface area contributed by atoms with Crippen molar-refractivity contribution >= 4 is 10.0 Å². The number of nitrogens with zero attached hydrogens (tertiary/aromatic N) is 2. The van der Waals surface area contributed by atoms with Crippen LogP contribution in [-0.2, 0) is 10.0 Å². The highest BCUT2D eigenvalue weighted by molar-refractivity contribution is 7.89. The number of hydrogen-bond acceptors (Lipinski definition) is 5. The highest BCUT2D eigenvalue weighted by Crippen LogP contribution is 2.38. The molecule has 1 aromatic carbocycles. The summed E-state index contributed by atoms with van der Waals surface area (Å²) in [5, 5.41) is 8.30. The van der Waals surface area contributed by atoms with Gasteiger partial charge in [-0.3, -0.25) is 0 Å². The van der Waals surface area contributed by atoms with Gasteiger partial charge in [0, 0.05) is 23.3 Å². The Hall–Kier alpha value is -2.45. The summed E-state index contributed by atoms with van der Waals surface area (Å²) in [6.45, 7) is 5.37. The van der Waals surface area contributed by atoms with E-state index in [1.54, 1.807) is 6.92 Å². The fourth-order valence-electron chi connectivity index (χ4n) is 3.61.